The Morgan fingerprint density at radius 2 is 1.84 bits per heavy atom. The fourth-order valence-electron chi connectivity index (χ4n) is 3.71. The lowest BCUT2D eigenvalue weighted by Gasteiger charge is -2.08. The summed E-state index contributed by atoms with van der Waals surface area (Å²) in [5, 5.41) is 15.4. The molecule has 0 fully saturated rings. The van der Waals surface area contributed by atoms with Crippen molar-refractivity contribution in [2.45, 2.75) is 36.4 Å². The minimum Gasteiger partial charge on any atom is -0.497 e. The van der Waals surface area contributed by atoms with Crippen LogP contribution in [0.2, 0.25) is 5.02 Å². The number of thioether (sulfide) groups is 1. The average Bonchev–Trinajstić information content (AvgIpc) is 3.38. The molecule has 12 heteroatoms. The molecule has 0 aliphatic heterocycles. The first-order valence-electron chi connectivity index (χ1n) is 10.9. The molecular weight excluding hydrogens is 547 g/mol. The quantitative estimate of drug-likeness (QED) is 0.229. The van der Waals surface area contributed by atoms with E-state index in [1.807, 2.05) is 13.8 Å². The Kier molecular flexibility index (Phi) is 7.59. The van der Waals surface area contributed by atoms with E-state index in [0.29, 0.717) is 38.9 Å². The van der Waals surface area contributed by atoms with E-state index in [4.69, 9.17) is 16.3 Å². The third kappa shape index (κ3) is 5.63. The van der Waals surface area contributed by atoms with Gasteiger partial charge in [-0.1, -0.05) is 48.9 Å². The van der Waals surface area contributed by atoms with Gasteiger partial charge < -0.3 is 9.84 Å². The number of hydrogen-bond acceptors (Lipinski definition) is 6. The first-order chi connectivity index (χ1) is 17.4. The van der Waals surface area contributed by atoms with Gasteiger partial charge in [-0.3, -0.25) is 0 Å². The largest absolute Gasteiger partial charge is 0.497 e. The van der Waals surface area contributed by atoms with Gasteiger partial charge in [-0.15, -0.1) is 11.8 Å². The SMILES string of the molecule is COc1cc(Cl)cc(-c2c(C)nn(-c3nc(-c4ccc(C(F)(F)F)cc4)c(SC(C)C)s3)c2C(=O)O)c1. The Bertz CT molecular complexity index is 1460. The molecule has 37 heavy (non-hydrogen) atoms. The summed E-state index contributed by atoms with van der Waals surface area (Å²) >= 11 is 8.93. The lowest BCUT2D eigenvalue weighted by atomic mass is 10.0. The number of ether oxygens (including phenoxy) is 1. The molecule has 4 rings (SSSR count). The zero-order valence-corrected chi connectivity index (χ0v) is 22.4. The molecule has 0 bridgehead atoms. The maximum atomic E-state index is 13.1. The summed E-state index contributed by atoms with van der Waals surface area (Å²) in [7, 11) is 1.48. The lowest BCUT2D eigenvalue weighted by molar-refractivity contribution is -0.137. The molecule has 0 radical (unpaired) electrons. The molecule has 0 aliphatic carbocycles. The molecule has 0 spiro atoms. The molecule has 6 nitrogen and oxygen atoms in total. The van der Waals surface area contributed by atoms with E-state index in [9.17, 15) is 23.1 Å². The van der Waals surface area contributed by atoms with Gasteiger partial charge in [-0.25, -0.2) is 9.78 Å². The Hall–Kier alpha value is -3.02. The topological polar surface area (TPSA) is 77.2 Å². The normalized spacial score (nSPS) is 11.8. The van der Waals surface area contributed by atoms with Gasteiger partial charge in [0.25, 0.3) is 0 Å². The van der Waals surface area contributed by atoms with Crippen molar-refractivity contribution in [3.8, 4) is 33.3 Å². The van der Waals surface area contributed by atoms with Gasteiger partial charge >= 0.3 is 12.1 Å². The molecule has 2 aromatic heterocycles. The van der Waals surface area contributed by atoms with Gasteiger partial charge in [0.15, 0.2) is 5.69 Å². The minimum atomic E-state index is -4.45. The monoisotopic (exact) mass is 567 g/mol. The van der Waals surface area contributed by atoms with Crippen LogP contribution in [-0.2, 0) is 6.18 Å². The average molecular weight is 568 g/mol. The van der Waals surface area contributed by atoms with Gasteiger partial charge in [-0.2, -0.15) is 23.0 Å². The van der Waals surface area contributed by atoms with E-state index in [2.05, 4.69) is 10.1 Å². The van der Waals surface area contributed by atoms with Crippen LogP contribution in [0, 0.1) is 6.92 Å². The molecule has 0 saturated carbocycles. The van der Waals surface area contributed by atoms with E-state index in [1.54, 1.807) is 25.1 Å². The number of methoxy groups -OCH3 is 1. The molecule has 194 valence electrons. The highest BCUT2D eigenvalue weighted by Gasteiger charge is 2.31. The summed E-state index contributed by atoms with van der Waals surface area (Å²) in [5.41, 5.74) is 1.38. The number of alkyl halides is 3. The van der Waals surface area contributed by atoms with Gasteiger partial charge in [-0.05, 0) is 42.8 Å². The predicted molar refractivity (Wildman–Crippen MR) is 139 cm³/mol. The number of halogens is 4. The second kappa shape index (κ2) is 10.4. The molecule has 2 aromatic carbocycles. The van der Waals surface area contributed by atoms with Crippen molar-refractivity contribution in [3.63, 3.8) is 0 Å². The van der Waals surface area contributed by atoms with Crippen LogP contribution in [0.4, 0.5) is 13.2 Å². The van der Waals surface area contributed by atoms with Crippen molar-refractivity contribution < 1.29 is 27.8 Å². The minimum absolute atomic E-state index is 0.115. The number of carbonyl (C=O) groups is 1. The van der Waals surface area contributed by atoms with Gasteiger partial charge in [0.05, 0.1) is 28.3 Å². The van der Waals surface area contributed by atoms with Crippen molar-refractivity contribution in [1.82, 2.24) is 14.8 Å². The molecule has 2 heterocycles. The summed E-state index contributed by atoms with van der Waals surface area (Å²) in [5.74, 6) is -0.765. The fourth-order valence-corrected chi connectivity index (χ4v) is 6.42. The Morgan fingerprint density at radius 1 is 1.16 bits per heavy atom. The van der Waals surface area contributed by atoms with Gasteiger partial charge in [0.2, 0.25) is 5.13 Å². The first-order valence-corrected chi connectivity index (χ1v) is 13.0. The highest BCUT2D eigenvalue weighted by molar-refractivity contribution is 8.01. The molecule has 0 amide bonds. The van der Waals surface area contributed by atoms with E-state index >= 15 is 0 Å². The number of aromatic nitrogens is 3. The summed E-state index contributed by atoms with van der Waals surface area (Å²) in [6.45, 7) is 5.64. The van der Waals surface area contributed by atoms with Crippen molar-refractivity contribution >= 4 is 40.7 Å². The number of thiazole rings is 1. The van der Waals surface area contributed by atoms with Crippen LogP contribution in [0.25, 0.3) is 27.5 Å². The summed E-state index contributed by atoms with van der Waals surface area (Å²) in [6.07, 6.45) is -4.45. The van der Waals surface area contributed by atoms with Crippen LogP contribution in [0.5, 0.6) is 5.75 Å². The molecule has 1 N–H and O–H groups in total. The number of carboxylic acid groups (broad SMARTS) is 1. The highest BCUT2D eigenvalue weighted by atomic mass is 35.5. The van der Waals surface area contributed by atoms with Crippen molar-refractivity contribution in [2.24, 2.45) is 0 Å². The van der Waals surface area contributed by atoms with E-state index in [1.165, 1.54) is 47.0 Å². The molecular formula is C25H21ClF3N3O3S2. The molecule has 0 unspecified atom stereocenters. The predicted octanol–water partition coefficient (Wildman–Crippen LogP) is 7.85. The van der Waals surface area contributed by atoms with Crippen LogP contribution < -0.4 is 4.74 Å². The van der Waals surface area contributed by atoms with Gasteiger partial charge in [0, 0.05) is 21.4 Å². The highest BCUT2D eigenvalue weighted by Crippen LogP contribution is 2.42. The second-order valence-corrected chi connectivity index (χ2v) is 11.5. The maximum Gasteiger partial charge on any atom is 0.416 e. The van der Waals surface area contributed by atoms with Crippen molar-refractivity contribution in [3.05, 3.63) is 64.4 Å². The van der Waals surface area contributed by atoms with Crippen molar-refractivity contribution in [2.75, 3.05) is 7.11 Å². The van der Waals surface area contributed by atoms with Crippen LogP contribution in [0.15, 0.2) is 46.7 Å². The zero-order valence-electron chi connectivity index (χ0n) is 20.1. The molecule has 4 aromatic rings. The molecule has 0 saturated heterocycles. The molecule has 0 atom stereocenters. The second-order valence-electron chi connectivity index (χ2n) is 8.28. The number of hydrogen-bond donors (Lipinski definition) is 1. The molecule has 0 aliphatic rings. The smallest absolute Gasteiger partial charge is 0.416 e. The van der Waals surface area contributed by atoms with Crippen molar-refractivity contribution in [1.29, 1.82) is 0 Å². The number of aromatic carboxylic acids is 1. The van der Waals surface area contributed by atoms with Crippen LogP contribution >= 0.6 is 34.7 Å². The number of rotatable bonds is 7. The Morgan fingerprint density at radius 3 is 2.41 bits per heavy atom. The Labute approximate surface area is 224 Å². The third-order valence-corrected chi connectivity index (χ3v) is 7.71. The number of benzene rings is 2. The Balaban J connectivity index is 1.89. The summed E-state index contributed by atoms with van der Waals surface area (Å²) in [6, 6.07) is 9.64. The lowest BCUT2D eigenvalue weighted by Crippen LogP contribution is -2.09. The van der Waals surface area contributed by atoms with E-state index < -0.39 is 17.7 Å². The third-order valence-electron chi connectivity index (χ3n) is 5.25. The van der Waals surface area contributed by atoms with E-state index in [-0.39, 0.29) is 16.1 Å². The standard InChI is InChI=1S/C25H21ClF3N3O3S2/c1-12(2)36-23-20(14-5-7-16(8-6-14)25(27,28)29)30-24(37-23)32-21(22(33)34)19(13(3)31-32)15-9-17(26)11-18(10-15)35-4/h5-12H,1-4H3,(H,33,34). The summed E-state index contributed by atoms with van der Waals surface area (Å²) < 4.78 is 46.5. The first kappa shape index (κ1) is 27.0. The summed E-state index contributed by atoms with van der Waals surface area (Å²) in [4.78, 5) is 17.1. The van der Waals surface area contributed by atoms with Gasteiger partial charge in [0.1, 0.15) is 5.75 Å². The van der Waals surface area contributed by atoms with E-state index in [0.717, 1.165) is 16.3 Å². The maximum absolute atomic E-state index is 13.1. The zero-order chi connectivity index (χ0) is 27.1. The number of carboxylic acids is 1. The van der Waals surface area contributed by atoms with Crippen LogP contribution in [-0.4, -0.2) is 38.2 Å². The fraction of sp³-hybridized carbons (Fsp3) is 0.240. The number of nitrogens with zero attached hydrogens (tertiary/aromatic N) is 3. The van der Waals surface area contributed by atoms with Crippen LogP contribution in [0.1, 0.15) is 35.6 Å². The number of aryl methyl sites for hydroxylation is 1. The van der Waals surface area contributed by atoms with Crippen LogP contribution in [0.3, 0.4) is 0 Å².